The highest BCUT2D eigenvalue weighted by atomic mass is 16.2. The van der Waals surface area contributed by atoms with Crippen LogP contribution in [0.25, 0.3) is 55.5 Å². The molecular weight excluding hydrogens is 741 g/mol. The van der Waals surface area contributed by atoms with Gasteiger partial charge in [0.15, 0.2) is 0 Å². The first kappa shape index (κ1) is 37.0. The molecule has 4 amide bonds. The molecule has 294 valence electrons. The fraction of sp³-hybridized carbons (Fsp3) is 0.151. The van der Waals surface area contributed by atoms with E-state index in [0.717, 1.165) is 56.8 Å². The van der Waals surface area contributed by atoms with Crippen LogP contribution in [0.4, 0.5) is 4.79 Å². The van der Waals surface area contributed by atoms with Gasteiger partial charge >= 0.3 is 6.03 Å². The molecule has 10 rings (SSSR count). The van der Waals surface area contributed by atoms with Crippen LogP contribution in [0.3, 0.4) is 0 Å². The fourth-order valence-electron chi connectivity index (χ4n) is 9.55. The highest BCUT2D eigenvalue weighted by Gasteiger charge is 2.45. The Labute approximate surface area is 348 Å². The average Bonchev–Trinajstić information content (AvgIpc) is 3.93. The Bertz CT molecular complexity index is 3010. The Morgan fingerprint density at radius 1 is 0.467 bits per heavy atom. The number of hydrogen-bond donors (Lipinski definition) is 0. The SMILES string of the molecule is CCn1/c(=C\C=C2\CC/C(=C/C=c3/c4cccc5cccc(c54)n3CC)C2=C2C(=O)N(Cc3ccccc3)C(=O)N(Cc3ccccc3)C2=O)c2cccc3cccc1c32. The molecule has 8 aromatic rings. The van der Waals surface area contributed by atoms with Crippen molar-refractivity contribution in [3.8, 4) is 0 Å². The van der Waals surface area contributed by atoms with Crippen molar-refractivity contribution >= 4 is 73.3 Å². The number of carbonyl (C=O) groups is 3. The highest BCUT2D eigenvalue weighted by Crippen LogP contribution is 2.41. The number of aromatic nitrogens is 2. The molecule has 7 heteroatoms. The second-order valence-electron chi connectivity index (χ2n) is 15.6. The van der Waals surface area contributed by atoms with Crippen LogP contribution in [0.1, 0.15) is 37.8 Å². The van der Waals surface area contributed by atoms with Crippen LogP contribution >= 0.6 is 0 Å². The van der Waals surface area contributed by atoms with E-state index < -0.39 is 17.8 Å². The molecule has 0 N–H and O–H groups in total. The molecule has 2 aliphatic rings. The third-order valence-corrected chi connectivity index (χ3v) is 12.3. The van der Waals surface area contributed by atoms with E-state index in [-0.39, 0.29) is 18.7 Å². The van der Waals surface area contributed by atoms with Gasteiger partial charge in [-0.2, -0.15) is 0 Å². The zero-order chi connectivity index (χ0) is 40.9. The number of benzene rings is 6. The lowest BCUT2D eigenvalue weighted by molar-refractivity contribution is -0.136. The number of imide groups is 2. The Morgan fingerprint density at radius 3 is 1.30 bits per heavy atom. The number of allylic oxidation sites excluding steroid dienone is 5. The maximum atomic E-state index is 15.0. The summed E-state index contributed by atoms with van der Waals surface area (Å²) in [6, 6.07) is 44.0. The predicted molar refractivity (Wildman–Crippen MR) is 241 cm³/mol. The van der Waals surface area contributed by atoms with Crippen molar-refractivity contribution in [3.63, 3.8) is 0 Å². The van der Waals surface area contributed by atoms with Gasteiger partial charge in [-0.1, -0.05) is 133 Å². The van der Waals surface area contributed by atoms with Gasteiger partial charge in [0.2, 0.25) is 0 Å². The molecule has 0 spiro atoms. The smallest absolute Gasteiger partial charge is 0.334 e. The molecule has 0 radical (unpaired) electrons. The third-order valence-electron chi connectivity index (χ3n) is 12.3. The summed E-state index contributed by atoms with van der Waals surface area (Å²) in [5.41, 5.74) is 6.36. The van der Waals surface area contributed by atoms with E-state index >= 15 is 0 Å². The summed E-state index contributed by atoms with van der Waals surface area (Å²) in [6.07, 6.45) is 9.75. The van der Waals surface area contributed by atoms with E-state index in [4.69, 9.17) is 0 Å². The summed E-state index contributed by atoms with van der Waals surface area (Å²) in [5, 5.41) is 9.28. The minimum Gasteiger partial charge on any atom is -0.341 e. The monoisotopic (exact) mass is 784 g/mol. The first-order valence-corrected chi connectivity index (χ1v) is 20.9. The molecule has 0 unspecified atom stereocenters. The summed E-state index contributed by atoms with van der Waals surface area (Å²) in [4.78, 5) is 46.8. The number of urea groups is 1. The van der Waals surface area contributed by atoms with E-state index in [1.807, 2.05) is 60.7 Å². The molecule has 0 bridgehead atoms. The van der Waals surface area contributed by atoms with Crippen LogP contribution in [0.5, 0.6) is 0 Å². The summed E-state index contributed by atoms with van der Waals surface area (Å²) >= 11 is 0. The molecule has 7 nitrogen and oxygen atoms in total. The second-order valence-corrected chi connectivity index (χ2v) is 15.6. The van der Waals surface area contributed by atoms with Gasteiger partial charge in [0, 0.05) is 56.4 Å². The number of rotatable bonds is 8. The van der Waals surface area contributed by atoms with E-state index in [9.17, 15) is 14.4 Å². The molecule has 60 heavy (non-hydrogen) atoms. The van der Waals surface area contributed by atoms with Crippen LogP contribution in [-0.4, -0.2) is 36.8 Å². The number of amides is 4. The van der Waals surface area contributed by atoms with Crippen LogP contribution in [0.2, 0.25) is 0 Å². The van der Waals surface area contributed by atoms with Crippen LogP contribution < -0.4 is 10.7 Å². The maximum absolute atomic E-state index is 15.0. The van der Waals surface area contributed by atoms with Gasteiger partial charge in [-0.25, -0.2) is 4.79 Å². The summed E-state index contributed by atoms with van der Waals surface area (Å²) in [5.74, 6) is -1.15. The van der Waals surface area contributed by atoms with Gasteiger partial charge in [0.05, 0.1) is 13.1 Å². The van der Waals surface area contributed by atoms with Crippen molar-refractivity contribution in [1.29, 1.82) is 0 Å². The number of hydrogen-bond acceptors (Lipinski definition) is 3. The second kappa shape index (κ2) is 15.2. The Kier molecular flexibility index (Phi) is 9.36. The zero-order valence-electron chi connectivity index (χ0n) is 33.8. The highest BCUT2D eigenvalue weighted by molar-refractivity contribution is 6.30. The lowest BCUT2D eigenvalue weighted by Gasteiger charge is -2.35. The molecule has 1 saturated carbocycles. The Balaban J connectivity index is 1.21. The molecule has 1 saturated heterocycles. The molecule has 6 aromatic carbocycles. The zero-order valence-corrected chi connectivity index (χ0v) is 33.8. The minimum atomic E-state index is -0.619. The van der Waals surface area contributed by atoms with E-state index in [1.165, 1.54) is 42.4 Å². The van der Waals surface area contributed by atoms with Gasteiger partial charge in [-0.3, -0.25) is 19.4 Å². The Hall–Kier alpha value is -7.25. The standard InChI is InChI=1S/C53H44N4O3/c1-3-54-43(41-23-11-19-37-21-13-25-45(54)48(37)41)31-29-39-27-28-40(30-32-44-42-24-12-20-38-22-14-26-46(49(38)42)55(44)4-2)47(39)50-51(58)56(33-35-15-7-5-8-16-35)53(60)57(52(50)59)34-36-17-9-6-10-18-36/h5-26,29-32H,3-4,27-28,33-34H2,1-2H3/b39-29-,40-30-,43-31-,44-32-. The maximum Gasteiger partial charge on any atom is 0.334 e. The van der Waals surface area contributed by atoms with Crippen molar-refractivity contribution in [3.05, 3.63) is 190 Å². The van der Waals surface area contributed by atoms with Gasteiger partial charge in [-0.05, 0) is 89.6 Å². The molecule has 1 aliphatic carbocycles. The van der Waals surface area contributed by atoms with Gasteiger partial charge < -0.3 is 9.13 Å². The summed E-state index contributed by atoms with van der Waals surface area (Å²) in [6.45, 7) is 5.96. The number of aryl methyl sites for hydroxylation is 2. The number of barbiturate groups is 1. The van der Waals surface area contributed by atoms with Crippen LogP contribution in [0.15, 0.2) is 168 Å². The largest absolute Gasteiger partial charge is 0.341 e. The normalized spacial score (nSPS) is 17.2. The lowest BCUT2D eigenvalue weighted by atomic mass is 9.94. The summed E-state index contributed by atoms with van der Waals surface area (Å²) in [7, 11) is 0. The minimum absolute atomic E-state index is 0.0292. The topological polar surface area (TPSA) is 67.6 Å². The van der Waals surface area contributed by atoms with Crippen LogP contribution in [-0.2, 0) is 35.8 Å². The lowest BCUT2D eigenvalue weighted by Crippen LogP contribution is -2.55. The average molecular weight is 785 g/mol. The molecule has 3 heterocycles. The first-order chi connectivity index (χ1) is 29.4. The molecular formula is C53H44N4O3. The van der Waals surface area contributed by atoms with Crippen molar-refractivity contribution in [2.24, 2.45) is 0 Å². The predicted octanol–water partition coefficient (Wildman–Crippen LogP) is 9.78. The van der Waals surface area contributed by atoms with Crippen molar-refractivity contribution in [2.75, 3.05) is 0 Å². The van der Waals surface area contributed by atoms with Gasteiger partial charge in [0.25, 0.3) is 11.8 Å². The quantitative estimate of drug-likeness (QED) is 0.114. The van der Waals surface area contributed by atoms with Crippen molar-refractivity contribution in [2.45, 2.75) is 52.9 Å². The molecule has 1 aliphatic heterocycles. The summed E-state index contributed by atoms with van der Waals surface area (Å²) < 4.78 is 4.66. The van der Waals surface area contributed by atoms with Gasteiger partial charge in [-0.15, -0.1) is 0 Å². The van der Waals surface area contributed by atoms with Crippen molar-refractivity contribution < 1.29 is 14.4 Å². The first-order valence-electron chi connectivity index (χ1n) is 20.9. The third kappa shape index (κ3) is 6.08. The number of nitrogens with zero attached hydrogens (tertiary/aromatic N) is 4. The fourth-order valence-corrected chi connectivity index (χ4v) is 9.55. The molecule has 2 aromatic heterocycles. The molecule has 2 fully saturated rings. The number of carbonyl (C=O) groups excluding carboxylic acids is 3. The van der Waals surface area contributed by atoms with Crippen LogP contribution in [0, 0.1) is 0 Å². The van der Waals surface area contributed by atoms with E-state index in [0.29, 0.717) is 18.4 Å². The molecule has 0 atom stereocenters. The van der Waals surface area contributed by atoms with Gasteiger partial charge in [0.1, 0.15) is 5.57 Å². The van der Waals surface area contributed by atoms with Crippen molar-refractivity contribution in [1.82, 2.24) is 18.9 Å². The Morgan fingerprint density at radius 2 is 0.883 bits per heavy atom. The van der Waals surface area contributed by atoms with E-state index in [2.05, 4.69) is 120 Å². The van der Waals surface area contributed by atoms with E-state index in [1.54, 1.807) is 0 Å².